The van der Waals surface area contributed by atoms with Crippen molar-refractivity contribution < 1.29 is 30.6 Å². The second-order valence-electron chi connectivity index (χ2n) is 23.9. The molecule has 3 aliphatic carbocycles. The molecule has 6 heteroatoms. The standard InChI is InChI=1S/3C22H28O2/c1-15(2)20-12-13-22(3,17-6-10-19(24)11-7-17)14-21(20)16-4-8-18(23)9-5-16;2*1-15-4-7-18(14-21(15)16-5-10-19(23)11-6-16)22(2,3)17-8-12-20(24)13-9-17/h4-11,15,20-21,23-24H,12-14H2,1-3H3;2*5-6,8-13,15,18,21,23-24H,4,7,14H2,1-3H3. The fourth-order valence-electron chi connectivity index (χ4n) is 13.0. The monoisotopic (exact) mass is 973 g/mol. The lowest BCUT2D eigenvalue weighted by Gasteiger charge is -2.45. The van der Waals surface area contributed by atoms with Crippen molar-refractivity contribution in [3.05, 3.63) is 179 Å². The Hall–Kier alpha value is -5.88. The SMILES string of the molecule is CC(C)C1CCC(C)(c2ccc(O)cc2)CC1c1ccc(O)cc1.CC1CCC(C(C)(C)c2ccc(O)cc2)CC1c1ccc(O)cc1.CC1CCC(C(C)(C)c2ccc(O)cc2)CC1c1ccc(O)cc1. The molecule has 0 heterocycles. The first-order chi connectivity index (χ1) is 34.1. The molecule has 0 aliphatic heterocycles. The van der Waals surface area contributed by atoms with Crippen LogP contribution in [0.25, 0.3) is 0 Å². The lowest BCUT2D eigenvalue weighted by Crippen LogP contribution is -2.35. The lowest BCUT2D eigenvalue weighted by atomic mass is 9.59. The van der Waals surface area contributed by atoms with Crippen LogP contribution >= 0.6 is 0 Å². The van der Waals surface area contributed by atoms with Gasteiger partial charge in [0.1, 0.15) is 34.5 Å². The molecule has 9 rings (SSSR count). The van der Waals surface area contributed by atoms with Crippen LogP contribution in [0.4, 0.5) is 0 Å². The maximum absolute atomic E-state index is 9.61. The van der Waals surface area contributed by atoms with Crippen LogP contribution < -0.4 is 0 Å². The molecule has 72 heavy (non-hydrogen) atoms. The van der Waals surface area contributed by atoms with E-state index in [1.165, 1.54) is 84.7 Å². The predicted molar refractivity (Wildman–Crippen MR) is 295 cm³/mol. The van der Waals surface area contributed by atoms with Gasteiger partial charge in [0.2, 0.25) is 0 Å². The Morgan fingerprint density at radius 1 is 0.417 bits per heavy atom. The van der Waals surface area contributed by atoms with Crippen LogP contribution in [0, 0.1) is 35.5 Å². The molecule has 0 spiro atoms. The Morgan fingerprint density at radius 3 is 1.06 bits per heavy atom. The molecule has 384 valence electrons. The van der Waals surface area contributed by atoms with Gasteiger partial charge in [0.15, 0.2) is 0 Å². The first-order valence-corrected chi connectivity index (χ1v) is 26.9. The first-order valence-electron chi connectivity index (χ1n) is 26.9. The molecule has 3 aliphatic rings. The van der Waals surface area contributed by atoms with E-state index in [0.717, 1.165) is 6.42 Å². The van der Waals surface area contributed by atoms with Crippen molar-refractivity contribution in [1.82, 2.24) is 0 Å². The molecule has 9 unspecified atom stereocenters. The van der Waals surface area contributed by atoms with Crippen LogP contribution in [-0.2, 0) is 16.2 Å². The van der Waals surface area contributed by atoms with Crippen molar-refractivity contribution >= 4 is 0 Å². The third kappa shape index (κ3) is 12.8. The van der Waals surface area contributed by atoms with E-state index in [1.54, 1.807) is 72.8 Å². The van der Waals surface area contributed by atoms with Gasteiger partial charge in [-0.1, -0.05) is 135 Å². The van der Waals surface area contributed by atoms with E-state index in [4.69, 9.17) is 0 Å². The fraction of sp³-hybridized carbons (Fsp3) is 0.455. The minimum absolute atomic E-state index is 0.0863. The van der Waals surface area contributed by atoms with E-state index in [2.05, 4.69) is 135 Å². The van der Waals surface area contributed by atoms with Gasteiger partial charge >= 0.3 is 0 Å². The van der Waals surface area contributed by atoms with E-state index in [9.17, 15) is 30.6 Å². The summed E-state index contributed by atoms with van der Waals surface area (Å²) < 4.78 is 0. The number of hydrogen-bond donors (Lipinski definition) is 6. The molecule has 3 fully saturated rings. The van der Waals surface area contributed by atoms with Gasteiger partial charge in [-0.15, -0.1) is 0 Å². The van der Waals surface area contributed by atoms with Gasteiger partial charge < -0.3 is 30.6 Å². The number of aromatic hydroxyl groups is 6. The highest BCUT2D eigenvalue weighted by atomic mass is 16.3. The number of hydrogen-bond acceptors (Lipinski definition) is 6. The molecule has 0 amide bonds. The highest BCUT2D eigenvalue weighted by Crippen LogP contribution is 2.52. The average molecular weight is 973 g/mol. The zero-order valence-corrected chi connectivity index (χ0v) is 44.6. The fourth-order valence-corrected chi connectivity index (χ4v) is 13.0. The minimum Gasteiger partial charge on any atom is -0.508 e. The van der Waals surface area contributed by atoms with E-state index >= 15 is 0 Å². The van der Waals surface area contributed by atoms with Crippen LogP contribution in [0.1, 0.15) is 171 Å². The van der Waals surface area contributed by atoms with E-state index < -0.39 is 0 Å². The Kier molecular flexibility index (Phi) is 17.1. The Labute approximate surface area is 431 Å². The van der Waals surface area contributed by atoms with Gasteiger partial charge in [0, 0.05) is 0 Å². The van der Waals surface area contributed by atoms with E-state index in [1.807, 2.05) is 0 Å². The Bertz CT molecular complexity index is 2470. The second-order valence-corrected chi connectivity index (χ2v) is 23.9. The van der Waals surface area contributed by atoms with Crippen LogP contribution in [0.3, 0.4) is 0 Å². The predicted octanol–water partition coefficient (Wildman–Crippen LogP) is 16.8. The van der Waals surface area contributed by atoms with Crippen molar-refractivity contribution in [3.8, 4) is 34.5 Å². The van der Waals surface area contributed by atoms with Gasteiger partial charge in [-0.3, -0.25) is 0 Å². The molecule has 6 nitrogen and oxygen atoms in total. The molecule has 3 saturated carbocycles. The molecule has 0 saturated heterocycles. The molecule has 0 aromatic heterocycles. The van der Waals surface area contributed by atoms with Gasteiger partial charge in [-0.2, -0.15) is 0 Å². The summed E-state index contributed by atoms with van der Waals surface area (Å²) in [6.07, 6.45) is 10.8. The zero-order valence-electron chi connectivity index (χ0n) is 44.6. The van der Waals surface area contributed by atoms with Gasteiger partial charge in [0.05, 0.1) is 0 Å². The summed E-state index contributed by atoms with van der Waals surface area (Å²) in [5.41, 5.74) is 8.21. The van der Waals surface area contributed by atoms with Crippen LogP contribution in [0.15, 0.2) is 146 Å². The molecule has 6 N–H and O–H groups in total. The quantitative estimate of drug-likeness (QED) is 0.0858. The summed E-state index contributed by atoms with van der Waals surface area (Å²) >= 11 is 0. The molecule has 0 radical (unpaired) electrons. The minimum atomic E-state index is 0.0863. The molecule has 6 aromatic carbocycles. The smallest absolute Gasteiger partial charge is 0.115 e. The highest BCUT2D eigenvalue weighted by Gasteiger charge is 2.42. The van der Waals surface area contributed by atoms with Crippen molar-refractivity contribution in [1.29, 1.82) is 0 Å². The second kappa shape index (κ2) is 22.9. The molecule has 6 aromatic rings. The first kappa shape index (κ1) is 53.9. The van der Waals surface area contributed by atoms with Crippen LogP contribution in [-0.4, -0.2) is 30.6 Å². The third-order valence-electron chi connectivity index (χ3n) is 18.3. The molecule has 9 atom stereocenters. The molecule has 0 bridgehead atoms. The van der Waals surface area contributed by atoms with E-state index in [-0.39, 0.29) is 16.2 Å². The van der Waals surface area contributed by atoms with Crippen LogP contribution in [0.5, 0.6) is 34.5 Å². The van der Waals surface area contributed by atoms with E-state index in [0.29, 0.717) is 87.8 Å². The summed E-state index contributed by atoms with van der Waals surface area (Å²) in [4.78, 5) is 0. The average Bonchev–Trinajstić information content (AvgIpc) is 3.36. The third-order valence-corrected chi connectivity index (χ3v) is 18.3. The van der Waals surface area contributed by atoms with Gasteiger partial charge in [0.25, 0.3) is 0 Å². The number of phenolic OH excluding ortho intramolecular Hbond substituents is 6. The van der Waals surface area contributed by atoms with Crippen molar-refractivity contribution in [2.45, 2.75) is 154 Å². The van der Waals surface area contributed by atoms with Gasteiger partial charge in [-0.05, 0) is 233 Å². The van der Waals surface area contributed by atoms with Crippen LogP contribution in [0.2, 0.25) is 0 Å². The normalized spacial score (nSPS) is 25.6. The Morgan fingerprint density at radius 2 is 0.722 bits per heavy atom. The maximum atomic E-state index is 9.61. The summed E-state index contributed by atoms with van der Waals surface area (Å²) in [7, 11) is 0. The van der Waals surface area contributed by atoms with Gasteiger partial charge in [-0.25, -0.2) is 0 Å². The summed E-state index contributed by atoms with van der Waals surface area (Å²) in [6, 6.07) is 46.4. The maximum Gasteiger partial charge on any atom is 0.115 e. The van der Waals surface area contributed by atoms with Crippen molar-refractivity contribution in [3.63, 3.8) is 0 Å². The number of rotatable bonds is 9. The number of benzene rings is 6. The lowest BCUT2D eigenvalue weighted by molar-refractivity contribution is 0.170. The zero-order chi connectivity index (χ0) is 52.0. The number of phenols is 6. The highest BCUT2D eigenvalue weighted by molar-refractivity contribution is 5.37. The summed E-state index contributed by atoms with van der Waals surface area (Å²) in [5.74, 6) is 7.43. The van der Waals surface area contributed by atoms with Crippen molar-refractivity contribution in [2.24, 2.45) is 35.5 Å². The van der Waals surface area contributed by atoms with Crippen molar-refractivity contribution in [2.75, 3.05) is 0 Å². The molecular formula is C66H84O6. The topological polar surface area (TPSA) is 121 Å². The largest absolute Gasteiger partial charge is 0.508 e. The molecular weight excluding hydrogens is 889 g/mol. The summed E-state index contributed by atoms with van der Waals surface area (Å²) in [5, 5.41) is 57.4. The summed E-state index contributed by atoms with van der Waals surface area (Å²) in [6.45, 7) is 21.0. The Balaban J connectivity index is 0.000000158.